The molecule has 28 heavy (non-hydrogen) atoms. The molecule has 4 nitrogen and oxygen atoms in total. The third-order valence-electron chi connectivity index (χ3n) is 4.39. The van der Waals surface area contributed by atoms with Crippen LogP contribution in [0, 0.1) is 20.8 Å². The molecule has 0 aliphatic rings. The molecule has 0 atom stereocenters. The lowest BCUT2D eigenvalue weighted by molar-refractivity contribution is 0.101. The first-order chi connectivity index (χ1) is 13.1. The highest BCUT2D eigenvalue weighted by Crippen LogP contribution is 2.36. The molecule has 3 aromatic rings. The standard InChI is InChI=1S/C20H17Br2NO3S2/c1-12-7-9-15(10-8-12)28(25,26)23(17-6-4-5-13(2)14(17)3)20(24)18-11-16(21)19(22)27-18/h4-11H,1-3H3. The largest absolute Gasteiger partial charge is 0.282 e. The summed E-state index contributed by atoms with van der Waals surface area (Å²) >= 11 is 7.92. The molecule has 0 aliphatic heterocycles. The van der Waals surface area contributed by atoms with Crippen molar-refractivity contribution >= 4 is 64.8 Å². The van der Waals surface area contributed by atoms with Crippen molar-refractivity contribution in [3.63, 3.8) is 0 Å². The summed E-state index contributed by atoms with van der Waals surface area (Å²) < 4.78 is 29.3. The molecule has 0 bridgehead atoms. The van der Waals surface area contributed by atoms with Gasteiger partial charge in [-0.05, 0) is 88.0 Å². The van der Waals surface area contributed by atoms with Gasteiger partial charge in [-0.1, -0.05) is 29.8 Å². The Labute approximate surface area is 185 Å². The lowest BCUT2D eigenvalue weighted by Crippen LogP contribution is -2.37. The van der Waals surface area contributed by atoms with E-state index in [0.717, 1.165) is 24.8 Å². The first-order valence-electron chi connectivity index (χ1n) is 8.30. The highest BCUT2D eigenvalue weighted by molar-refractivity contribution is 9.13. The van der Waals surface area contributed by atoms with Gasteiger partial charge in [-0.25, -0.2) is 8.42 Å². The molecule has 0 saturated carbocycles. The highest BCUT2D eigenvalue weighted by atomic mass is 79.9. The fourth-order valence-corrected chi connectivity index (χ4v) is 6.16. The van der Waals surface area contributed by atoms with Crippen molar-refractivity contribution in [1.29, 1.82) is 0 Å². The lowest BCUT2D eigenvalue weighted by Gasteiger charge is -2.24. The van der Waals surface area contributed by atoms with Gasteiger partial charge >= 0.3 is 0 Å². The molecule has 1 aromatic heterocycles. The van der Waals surface area contributed by atoms with Gasteiger partial charge < -0.3 is 0 Å². The second-order valence-electron chi connectivity index (χ2n) is 6.34. The van der Waals surface area contributed by atoms with Crippen molar-refractivity contribution in [2.45, 2.75) is 25.7 Å². The maximum Gasteiger partial charge on any atom is 0.282 e. The molecule has 0 N–H and O–H groups in total. The van der Waals surface area contributed by atoms with E-state index >= 15 is 0 Å². The van der Waals surface area contributed by atoms with E-state index < -0.39 is 15.9 Å². The number of hydrogen-bond acceptors (Lipinski definition) is 4. The molecule has 1 amide bonds. The zero-order valence-electron chi connectivity index (χ0n) is 15.4. The number of nitrogens with zero attached hydrogens (tertiary/aromatic N) is 1. The number of amides is 1. The molecular weight excluding hydrogens is 526 g/mol. The van der Waals surface area contributed by atoms with Crippen molar-refractivity contribution in [3.8, 4) is 0 Å². The smallest absolute Gasteiger partial charge is 0.267 e. The number of sulfonamides is 1. The SMILES string of the molecule is Cc1ccc(S(=O)(=O)N(C(=O)c2cc(Br)c(Br)s2)c2cccc(C)c2C)cc1. The number of halogens is 2. The van der Waals surface area contributed by atoms with Gasteiger partial charge in [0.05, 0.1) is 19.2 Å². The van der Waals surface area contributed by atoms with Gasteiger partial charge in [0.1, 0.15) is 0 Å². The van der Waals surface area contributed by atoms with Crippen LogP contribution in [0.5, 0.6) is 0 Å². The monoisotopic (exact) mass is 541 g/mol. The van der Waals surface area contributed by atoms with E-state index in [-0.39, 0.29) is 4.90 Å². The minimum absolute atomic E-state index is 0.0713. The number of aryl methyl sites for hydroxylation is 2. The van der Waals surface area contributed by atoms with Crippen LogP contribution in [0.25, 0.3) is 0 Å². The van der Waals surface area contributed by atoms with Crippen LogP contribution in [0.3, 0.4) is 0 Å². The summed E-state index contributed by atoms with van der Waals surface area (Å²) in [4.78, 5) is 13.8. The Balaban J connectivity index is 2.23. The van der Waals surface area contributed by atoms with Crippen LogP contribution < -0.4 is 4.31 Å². The van der Waals surface area contributed by atoms with E-state index in [4.69, 9.17) is 0 Å². The number of carbonyl (C=O) groups is 1. The number of rotatable bonds is 4. The molecule has 0 spiro atoms. The highest BCUT2D eigenvalue weighted by Gasteiger charge is 2.34. The molecule has 0 aliphatic carbocycles. The summed E-state index contributed by atoms with van der Waals surface area (Å²) in [5.74, 6) is -0.592. The Morgan fingerprint density at radius 1 is 1.00 bits per heavy atom. The van der Waals surface area contributed by atoms with Crippen LogP contribution in [-0.2, 0) is 10.0 Å². The zero-order chi connectivity index (χ0) is 20.6. The van der Waals surface area contributed by atoms with Crippen LogP contribution in [0.2, 0.25) is 0 Å². The summed E-state index contributed by atoms with van der Waals surface area (Å²) in [6.45, 7) is 5.58. The fourth-order valence-electron chi connectivity index (χ4n) is 2.67. The molecule has 0 saturated heterocycles. The number of carbonyl (C=O) groups excluding carboxylic acids is 1. The second-order valence-corrected chi connectivity index (χ2v) is 11.4. The average molecular weight is 543 g/mol. The molecule has 0 fully saturated rings. The molecule has 146 valence electrons. The molecule has 8 heteroatoms. The van der Waals surface area contributed by atoms with Gasteiger partial charge in [0.25, 0.3) is 15.9 Å². The van der Waals surface area contributed by atoms with E-state index in [1.807, 2.05) is 26.8 Å². The van der Waals surface area contributed by atoms with Crippen LogP contribution in [0.1, 0.15) is 26.4 Å². The minimum Gasteiger partial charge on any atom is -0.267 e. The average Bonchev–Trinajstić information content (AvgIpc) is 2.98. The third kappa shape index (κ3) is 3.96. The van der Waals surface area contributed by atoms with Crippen LogP contribution >= 0.6 is 43.2 Å². The van der Waals surface area contributed by atoms with Crippen molar-refractivity contribution in [1.82, 2.24) is 0 Å². The van der Waals surface area contributed by atoms with Gasteiger partial charge in [-0.15, -0.1) is 11.3 Å². The van der Waals surface area contributed by atoms with Crippen LogP contribution in [-0.4, -0.2) is 14.3 Å². The molecule has 1 heterocycles. The Morgan fingerprint density at radius 2 is 1.64 bits per heavy atom. The Bertz CT molecular complexity index is 1130. The van der Waals surface area contributed by atoms with Crippen molar-refractivity contribution in [2.24, 2.45) is 0 Å². The first-order valence-corrected chi connectivity index (χ1v) is 12.1. The summed E-state index contributed by atoms with van der Waals surface area (Å²) in [5.41, 5.74) is 2.94. The predicted molar refractivity (Wildman–Crippen MR) is 121 cm³/mol. The van der Waals surface area contributed by atoms with Crippen molar-refractivity contribution in [2.75, 3.05) is 4.31 Å². The minimum atomic E-state index is -4.10. The van der Waals surface area contributed by atoms with Crippen LogP contribution in [0.4, 0.5) is 5.69 Å². The molecule has 0 unspecified atom stereocenters. The topological polar surface area (TPSA) is 54.5 Å². The van der Waals surface area contributed by atoms with Gasteiger partial charge in [-0.3, -0.25) is 4.79 Å². The fraction of sp³-hybridized carbons (Fsp3) is 0.150. The van der Waals surface area contributed by atoms with E-state index in [0.29, 0.717) is 15.0 Å². The van der Waals surface area contributed by atoms with Gasteiger partial charge in [0.2, 0.25) is 0 Å². The lowest BCUT2D eigenvalue weighted by atomic mass is 10.1. The molecular formula is C20H17Br2NO3S2. The van der Waals surface area contributed by atoms with Crippen molar-refractivity contribution in [3.05, 3.63) is 78.4 Å². The summed E-state index contributed by atoms with van der Waals surface area (Å²) in [7, 11) is -4.10. The summed E-state index contributed by atoms with van der Waals surface area (Å²) in [5, 5.41) is 0. The van der Waals surface area contributed by atoms with Crippen molar-refractivity contribution < 1.29 is 13.2 Å². The zero-order valence-corrected chi connectivity index (χ0v) is 20.2. The van der Waals surface area contributed by atoms with E-state index in [1.165, 1.54) is 23.5 Å². The van der Waals surface area contributed by atoms with Gasteiger partial charge in [0.15, 0.2) is 0 Å². The third-order valence-corrected chi connectivity index (χ3v) is 9.35. The number of benzene rings is 2. The van der Waals surface area contributed by atoms with Gasteiger partial charge in [0, 0.05) is 4.47 Å². The van der Waals surface area contributed by atoms with Crippen LogP contribution in [0.15, 0.2) is 61.7 Å². The van der Waals surface area contributed by atoms with E-state index in [9.17, 15) is 13.2 Å². The maximum absolute atomic E-state index is 13.5. The van der Waals surface area contributed by atoms with E-state index in [2.05, 4.69) is 31.9 Å². The molecule has 2 aromatic carbocycles. The normalized spacial score (nSPS) is 11.5. The predicted octanol–water partition coefficient (Wildman–Crippen LogP) is 6.23. The Kier molecular flexibility index (Phi) is 6.14. The molecule has 3 rings (SSSR count). The maximum atomic E-state index is 13.5. The van der Waals surface area contributed by atoms with Gasteiger partial charge in [-0.2, -0.15) is 4.31 Å². The Morgan fingerprint density at radius 3 is 2.21 bits per heavy atom. The Hall–Kier alpha value is -1.48. The number of anilines is 1. The summed E-state index contributed by atoms with van der Waals surface area (Å²) in [6, 6.07) is 13.4. The molecule has 0 radical (unpaired) electrons. The van der Waals surface area contributed by atoms with E-state index in [1.54, 1.807) is 30.3 Å². The quantitative estimate of drug-likeness (QED) is 0.392. The number of thiophene rings is 1. The summed E-state index contributed by atoms with van der Waals surface area (Å²) in [6.07, 6.45) is 0. The second kappa shape index (κ2) is 8.10. The first kappa shape index (κ1) is 21.2. The number of hydrogen-bond donors (Lipinski definition) is 0.